The molecule has 0 aliphatic heterocycles. The summed E-state index contributed by atoms with van der Waals surface area (Å²) in [6, 6.07) is 0. The lowest BCUT2D eigenvalue weighted by Gasteiger charge is -2.19. The van der Waals surface area contributed by atoms with Crippen LogP contribution in [-0.2, 0) is 32.7 Å². The Kier molecular flexibility index (Phi) is 45.6. The zero-order chi connectivity index (χ0) is 46.0. The van der Waals surface area contributed by atoms with E-state index in [1.54, 1.807) is 0 Å². The first kappa shape index (κ1) is 59.7. The minimum atomic E-state index is -4.40. The van der Waals surface area contributed by atoms with Crippen LogP contribution in [0.4, 0.5) is 0 Å². The van der Waals surface area contributed by atoms with Crippen molar-refractivity contribution in [3.8, 4) is 0 Å². The van der Waals surface area contributed by atoms with Gasteiger partial charge in [-0.25, -0.2) is 4.57 Å². The molecule has 63 heavy (non-hydrogen) atoms. The second kappa shape index (κ2) is 48.1. The maximum atomic E-state index is 12.6. The van der Waals surface area contributed by atoms with Crippen molar-refractivity contribution in [1.29, 1.82) is 0 Å². The molecule has 0 amide bonds. The maximum Gasteiger partial charge on any atom is 0.472 e. The van der Waals surface area contributed by atoms with E-state index in [1.165, 1.54) is 25.7 Å². The molecule has 0 fully saturated rings. The number of nitrogens with two attached hydrogens (primary N) is 1. The third-order valence-electron chi connectivity index (χ3n) is 9.64. The van der Waals surface area contributed by atoms with Gasteiger partial charge in [0.25, 0.3) is 0 Å². The highest BCUT2D eigenvalue weighted by atomic mass is 31.2. The van der Waals surface area contributed by atoms with Crippen molar-refractivity contribution >= 4 is 19.8 Å². The highest BCUT2D eigenvalue weighted by molar-refractivity contribution is 7.47. The van der Waals surface area contributed by atoms with E-state index in [9.17, 15) is 19.0 Å². The normalized spacial score (nSPS) is 14.2. The van der Waals surface area contributed by atoms with E-state index in [-0.39, 0.29) is 32.6 Å². The Morgan fingerprint density at radius 1 is 0.492 bits per heavy atom. The molecule has 0 heterocycles. The monoisotopic (exact) mass is 898 g/mol. The average Bonchev–Trinajstić information content (AvgIpc) is 3.27. The largest absolute Gasteiger partial charge is 0.472 e. The van der Waals surface area contributed by atoms with Crippen molar-refractivity contribution in [3.63, 3.8) is 0 Å². The number of hydrogen-bond donors (Lipinski definition) is 2. The van der Waals surface area contributed by atoms with Gasteiger partial charge in [0.2, 0.25) is 0 Å². The Balaban J connectivity index is 4.17. The Hall–Kier alpha value is -3.33. The molecule has 9 nitrogen and oxygen atoms in total. The van der Waals surface area contributed by atoms with E-state index in [1.807, 2.05) is 0 Å². The topological polar surface area (TPSA) is 134 Å². The summed E-state index contributed by atoms with van der Waals surface area (Å²) in [4.78, 5) is 35.0. The molecular weight excluding hydrogens is 810 g/mol. The first-order valence-electron chi connectivity index (χ1n) is 24.4. The van der Waals surface area contributed by atoms with Crippen molar-refractivity contribution in [1.82, 2.24) is 0 Å². The summed E-state index contributed by atoms with van der Waals surface area (Å²) in [5.41, 5.74) is 5.36. The zero-order valence-electron chi connectivity index (χ0n) is 39.5. The predicted molar refractivity (Wildman–Crippen MR) is 265 cm³/mol. The lowest BCUT2D eigenvalue weighted by molar-refractivity contribution is -0.161. The van der Waals surface area contributed by atoms with Gasteiger partial charge in [-0.05, 0) is 103 Å². The van der Waals surface area contributed by atoms with Crippen LogP contribution in [0, 0.1) is 0 Å². The van der Waals surface area contributed by atoms with Crippen LogP contribution in [0.1, 0.15) is 181 Å². The molecule has 3 N–H and O–H groups in total. The highest BCUT2D eigenvalue weighted by Crippen LogP contribution is 2.43. The van der Waals surface area contributed by atoms with Crippen molar-refractivity contribution in [3.05, 3.63) is 109 Å². The number of rotatable bonds is 44. The van der Waals surface area contributed by atoms with Crippen LogP contribution in [0.3, 0.4) is 0 Å². The number of carbonyl (C=O) groups excluding carboxylic acids is 2. The fourth-order valence-corrected chi connectivity index (χ4v) is 6.82. The quantitative estimate of drug-likeness (QED) is 0.0265. The lowest BCUT2D eigenvalue weighted by atomic mass is 10.1. The standard InChI is InChI=1S/C53H88NO8P/c1-3-5-7-9-11-13-15-17-19-20-21-22-23-24-25-26-27-28-29-30-32-34-36-38-40-42-44-46-53(56)62-51(50-61-63(57,58)60-48-47-54)49-59-52(55)45-43-41-39-37-35-33-31-18-16-14-12-10-8-6-4-2/h5,7,11-14,17-19,21-22,24-25,27-28,30-32,51H,3-4,6,8-10,15-16,20,23,26,29,33-50,54H2,1-2H3,(H,57,58)/b7-5-,13-11-,14-12-,19-17-,22-21-,25-24-,28-27-,31-18-,32-30-. The molecule has 0 saturated heterocycles. The molecule has 0 saturated carbocycles. The molecule has 2 unspecified atom stereocenters. The van der Waals surface area contributed by atoms with E-state index in [4.69, 9.17) is 24.3 Å². The molecule has 10 heteroatoms. The van der Waals surface area contributed by atoms with Crippen molar-refractivity contribution in [2.45, 2.75) is 187 Å². The number of carbonyl (C=O) groups is 2. The predicted octanol–water partition coefficient (Wildman–Crippen LogP) is 14.7. The molecule has 0 aliphatic rings. The van der Waals surface area contributed by atoms with Gasteiger partial charge in [-0.2, -0.15) is 0 Å². The van der Waals surface area contributed by atoms with Gasteiger partial charge >= 0.3 is 19.8 Å². The molecule has 0 aliphatic carbocycles. The fraction of sp³-hybridized carbons (Fsp3) is 0.623. The van der Waals surface area contributed by atoms with Crippen molar-refractivity contribution in [2.75, 3.05) is 26.4 Å². The second-order valence-electron chi connectivity index (χ2n) is 15.6. The van der Waals surface area contributed by atoms with E-state index in [0.29, 0.717) is 12.8 Å². The molecule has 0 spiro atoms. The smallest absolute Gasteiger partial charge is 0.462 e. The third-order valence-corrected chi connectivity index (χ3v) is 10.6. The van der Waals surface area contributed by atoms with E-state index in [0.717, 1.165) is 116 Å². The number of unbranched alkanes of at least 4 members (excludes halogenated alkanes) is 13. The van der Waals surface area contributed by atoms with Gasteiger partial charge in [-0.1, -0.05) is 175 Å². The summed E-state index contributed by atoms with van der Waals surface area (Å²) < 4.78 is 32.8. The van der Waals surface area contributed by atoms with Crippen LogP contribution in [0.5, 0.6) is 0 Å². The molecule has 0 aromatic carbocycles. The molecule has 0 bridgehead atoms. The van der Waals surface area contributed by atoms with Gasteiger partial charge in [0.15, 0.2) is 6.10 Å². The summed E-state index contributed by atoms with van der Waals surface area (Å²) in [7, 11) is -4.40. The Morgan fingerprint density at radius 3 is 1.30 bits per heavy atom. The molecule has 0 aromatic heterocycles. The summed E-state index contributed by atoms with van der Waals surface area (Å²) in [6.45, 7) is 3.53. The van der Waals surface area contributed by atoms with Gasteiger partial charge in [0, 0.05) is 19.4 Å². The summed E-state index contributed by atoms with van der Waals surface area (Å²) >= 11 is 0. The van der Waals surface area contributed by atoms with Crippen LogP contribution in [-0.4, -0.2) is 49.3 Å². The summed E-state index contributed by atoms with van der Waals surface area (Å²) in [5.74, 6) is -0.877. The maximum absolute atomic E-state index is 12.6. The van der Waals surface area contributed by atoms with E-state index in [2.05, 4.69) is 123 Å². The van der Waals surface area contributed by atoms with Crippen LogP contribution < -0.4 is 5.73 Å². The second-order valence-corrected chi connectivity index (χ2v) is 17.0. The molecule has 0 radical (unpaired) electrons. The first-order chi connectivity index (χ1) is 30.8. The molecule has 358 valence electrons. The van der Waals surface area contributed by atoms with Crippen molar-refractivity contribution < 1.29 is 37.6 Å². The van der Waals surface area contributed by atoms with Gasteiger partial charge in [0.05, 0.1) is 13.2 Å². The highest BCUT2D eigenvalue weighted by Gasteiger charge is 2.26. The minimum absolute atomic E-state index is 0.0415. The number of phosphoric ester groups is 1. The number of phosphoric acid groups is 1. The number of hydrogen-bond acceptors (Lipinski definition) is 8. The molecular formula is C53H88NO8P. The number of allylic oxidation sites excluding steroid dienone is 18. The van der Waals surface area contributed by atoms with Crippen LogP contribution >= 0.6 is 7.82 Å². The number of ether oxygens (including phenoxy) is 2. The minimum Gasteiger partial charge on any atom is -0.462 e. The third kappa shape index (κ3) is 48.0. The van der Waals surface area contributed by atoms with Gasteiger partial charge < -0.3 is 20.1 Å². The Bertz CT molecular complexity index is 1390. The first-order valence-corrected chi connectivity index (χ1v) is 25.9. The summed E-state index contributed by atoms with van der Waals surface area (Å²) in [6.07, 6.45) is 64.0. The van der Waals surface area contributed by atoms with Gasteiger partial charge in [-0.15, -0.1) is 0 Å². The Morgan fingerprint density at radius 2 is 0.873 bits per heavy atom. The van der Waals surface area contributed by atoms with Crippen LogP contribution in [0.25, 0.3) is 0 Å². The molecule has 0 rings (SSSR count). The Labute approximate surface area is 384 Å². The fourth-order valence-electron chi connectivity index (χ4n) is 6.05. The van der Waals surface area contributed by atoms with E-state index >= 15 is 0 Å². The molecule has 0 aromatic rings. The lowest BCUT2D eigenvalue weighted by Crippen LogP contribution is -2.29. The zero-order valence-corrected chi connectivity index (χ0v) is 40.4. The summed E-state index contributed by atoms with van der Waals surface area (Å²) in [5, 5.41) is 0. The van der Waals surface area contributed by atoms with Gasteiger partial charge in [-0.3, -0.25) is 18.6 Å². The van der Waals surface area contributed by atoms with Gasteiger partial charge in [0.1, 0.15) is 6.61 Å². The van der Waals surface area contributed by atoms with Crippen molar-refractivity contribution in [2.24, 2.45) is 5.73 Å². The van der Waals surface area contributed by atoms with Crippen LogP contribution in [0.2, 0.25) is 0 Å². The molecule has 2 atom stereocenters. The SMILES string of the molecule is CC/C=C\C/C=C\C/C=C\C/C=C\C/C=C\C/C=C\C/C=C\CCCCCCCC(=O)OC(COC(=O)CCCCCCC/C=C\C/C=C\CCCCC)COP(=O)(O)OCCN. The van der Waals surface area contributed by atoms with E-state index < -0.39 is 32.5 Å². The average molecular weight is 898 g/mol. The van der Waals surface area contributed by atoms with Crippen LogP contribution in [0.15, 0.2) is 109 Å². The number of esters is 2.